The zero-order valence-corrected chi connectivity index (χ0v) is 8.66. The Balaban J connectivity index is 4.40. The van der Waals surface area contributed by atoms with E-state index in [0.717, 1.165) is 0 Å². The van der Waals surface area contributed by atoms with Gasteiger partial charge in [0, 0.05) is 12.1 Å². The highest BCUT2D eigenvalue weighted by Gasteiger charge is 2.23. The third-order valence-corrected chi connectivity index (χ3v) is 2.05. The highest BCUT2D eigenvalue weighted by molar-refractivity contribution is 5.79. The van der Waals surface area contributed by atoms with Crippen LogP contribution in [0.2, 0.25) is 0 Å². The largest absolute Gasteiger partial charge is 0.368 e. The average Bonchev–Trinajstić information content (AvgIpc) is 1.85. The van der Waals surface area contributed by atoms with E-state index < -0.39 is 0 Å². The van der Waals surface area contributed by atoms with Crippen LogP contribution in [0.4, 0.5) is 0 Å². The molecule has 1 amide bonds. The van der Waals surface area contributed by atoms with Gasteiger partial charge in [-0.05, 0) is 34.6 Å². The van der Waals surface area contributed by atoms with Crippen molar-refractivity contribution < 1.29 is 4.79 Å². The monoisotopic (exact) mass is 172 g/mol. The fourth-order valence-corrected chi connectivity index (χ4v) is 1.64. The normalized spacial score (nSPS) is 14.3. The van der Waals surface area contributed by atoms with Crippen LogP contribution in [0.5, 0.6) is 0 Å². The van der Waals surface area contributed by atoms with Gasteiger partial charge in [0.25, 0.3) is 0 Å². The van der Waals surface area contributed by atoms with Crippen LogP contribution in [0.15, 0.2) is 0 Å². The van der Waals surface area contributed by atoms with E-state index in [-0.39, 0.29) is 11.9 Å². The summed E-state index contributed by atoms with van der Waals surface area (Å²) in [4.78, 5) is 13.0. The van der Waals surface area contributed by atoms with Gasteiger partial charge in [0.05, 0.1) is 6.04 Å². The highest BCUT2D eigenvalue weighted by Crippen LogP contribution is 2.09. The Labute approximate surface area is 74.9 Å². The van der Waals surface area contributed by atoms with Gasteiger partial charge in [0.15, 0.2) is 0 Å². The number of primary amides is 1. The lowest BCUT2D eigenvalue weighted by Gasteiger charge is -2.34. The van der Waals surface area contributed by atoms with E-state index in [2.05, 4.69) is 32.6 Å². The van der Waals surface area contributed by atoms with Crippen molar-refractivity contribution >= 4 is 5.91 Å². The van der Waals surface area contributed by atoms with E-state index in [1.165, 1.54) is 0 Å². The Morgan fingerprint density at radius 1 is 1.08 bits per heavy atom. The number of hydrogen-bond donors (Lipinski definition) is 1. The molecule has 0 spiro atoms. The molecule has 2 N–H and O–H groups in total. The van der Waals surface area contributed by atoms with Crippen molar-refractivity contribution in [1.29, 1.82) is 0 Å². The Bertz CT molecular complexity index is 147. The molecular weight excluding hydrogens is 152 g/mol. The second kappa shape index (κ2) is 4.45. The average molecular weight is 172 g/mol. The Hall–Kier alpha value is -0.570. The van der Waals surface area contributed by atoms with Crippen molar-refractivity contribution in [2.24, 2.45) is 5.73 Å². The lowest BCUT2D eigenvalue weighted by atomic mass is 10.1. The minimum atomic E-state index is -0.252. The van der Waals surface area contributed by atoms with Gasteiger partial charge in [0.2, 0.25) is 5.91 Å². The molecule has 72 valence electrons. The van der Waals surface area contributed by atoms with Gasteiger partial charge in [-0.2, -0.15) is 0 Å². The summed E-state index contributed by atoms with van der Waals surface area (Å²) in [5.41, 5.74) is 5.23. The van der Waals surface area contributed by atoms with Crippen LogP contribution in [0, 0.1) is 0 Å². The fraction of sp³-hybridized carbons (Fsp3) is 0.889. The molecular formula is C9H20N2O. The maximum Gasteiger partial charge on any atom is 0.234 e. The number of nitrogens with zero attached hydrogens (tertiary/aromatic N) is 1. The number of amides is 1. The molecule has 0 fully saturated rings. The molecule has 0 aromatic rings. The molecule has 0 heterocycles. The summed E-state index contributed by atoms with van der Waals surface area (Å²) in [6.45, 7) is 10.1. The van der Waals surface area contributed by atoms with Crippen molar-refractivity contribution in [3.63, 3.8) is 0 Å². The van der Waals surface area contributed by atoms with E-state index >= 15 is 0 Å². The lowest BCUT2D eigenvalue weighted by molar-refractivity contribution is -0.124. The molecule has 0 aliphatic heterocycles. The third-order valence-electron chi connectivity index (χ3n) is 2.05. The Morgan fingerprint density at radius 2 is 1.42 bits per heavy atom. The predicted octanol–water partition coefficient (Wildman–Crippen LogP) is 0.979. The number of carbonyl (C=O) groups excluding carboxylic acids is 1. The van der Waals surface area contributed by atoms with Crippen LogP contribution in [-0.4, -0.2) is 28.9 Å². The molecule has 0 saturated carbocycles. The van der Waals surface area contributed by atoms with Crippen LogP contribution in [0.1, 0.15) is 34.6 Å². The van der Waals surface area contributed by atoms with Crippen LogP contribution >= 0.6 is 0 Å². The minimum Gasteiger partial charge on any atom is -0.368 e. The second-order valence-corrected chi connectivity index (χ2v) is 3.71. The molecule has 12 heavy (non-hydrogen) atoms. The number of rotatable bonds is 4. The Kier molecular flexibility index (Phi) is 4.24. The zero-order chi connectivity index (χ0) is 9.89. The van der Waals surface area contributed by atoms with Crippen molar-refractivity contribution in [2.45, 2.75) is 52.7 Å². The third kappa shape index (κ3) is 2.81. The van der Waals surface area contributed by atoms with Crippen molar-refractivity contribution in [3.05, 3.63) is 0 Å². The molecule has 0 aliphatic carbocycles. The predicted molar refractivity (Wildman–Crippen MR) is 50.8 cm³/mol. The molecule has 1 atom stereocenters. The summed E-state index contributed by atoms with van der Waals surface area (Å²) < 4.78 is 0. The van der Waals surface area contributed by atoms with Gasteiger partial charge in [-0.3, -0.25) is 9.69 Å². The summed E-state index contributed by atoms with van der Waals surface area (Å²) in [6.07, 6.45) is 0. The van der Waals surface area contributed by atoms with Crippen LogP contribution in [0.25, 0.3) is 0 Å². The molecule has 3 heteroatoms. The quantitative estimate of drug-likeness (QED) is 0.687. The smallest absolute Gasteiger partial charge is 0.234 e. The molecule has 0 aromatic heterocycles. The topological polar surface area (TPSA) is 46.3 Å². The van der Waals surface area contributed by atoms with E-state index in [1.54, 1.807) is 0 Å². The Morgan fingerprint density at radius 3 is 1.50 bits per heavy atom. The van der Waals surface area contributed by atoms with E-state index in [1.807, 2.05) is 6.92 Å². The SMILES string of the molecule is CC(C)N(C(C)C)C(C)C(N)=O. The highest BCUT2D eigenvalue weighted by atomic mass is 16.1. The van der Waals surface area contributed by atoms with Crippen molar-refractivity contribution in [1.82, 2.24) is 4.90 Å². The second-order valence-electron chi connectivity index (χ2n) is 3.71. The van der Waals surface area contributed by atoms with Crippen LogP contribution in [0.3, 0.4) is 0 Å². The van der Waals surface area contributed by atoms with E-state index in [0.29, 0.717) is 12.1 Å². The maximum absolute atomic E-state index is 10.9. The van der Waals surface area contributed by atoms with Gasteiger partial charge >= 0.3 is 0 Å². The van der Waals surface area contributed by atoms with Gasteiger partial charge in [-0.25, -0.2) is 0 Å². The number of nitrogens with two attached hydrogens (primary N) is 1. The summed E-state index contributed by atoms with van der Waals surface area (Å²) in [6, 6.07) is 0.532. The summed E-state index contributed by atoms with van der Waals surface area (Å²) in [7, 11) is 0. The first-order valence-corrected chi connectivity index (χ1v) is 4.44. The number of hydrogen-bond acceptors (Lipinski definition) is 2. The summed E-state index contributed by atoms with van der Waals surface area (Å²) in [5.74, 6) is -0.252. The van der Waals surface area contributed by atoms with Crippen molar-refractivity contribution in [3.8, 4) is 0 Å². The van der Waals surface area contributed by atoms with E-state index in [4.69, 9.17) is 5.73 Å². The number of carbonyl (C=O) groups is 1. The van der Waals surface area contributed by atoms with Crippen molar-refractivity contribution in [2.75, 3.05) is 0 Å². The molecule has 3 nitrogen and oxygen atoms in total. The maximum atomic E-state index is 10.9. The minimum absolute atomic E-state index is 0.176. The molecule has 1 unspecified atom stereocenters. The first-order valence-electron chi connectivity index (χ1n) is 4.44. The molecule has 0 aliphatic rings. The fourth-order valence-electron chi connectivity index (χ4n) is 1.64. The van der Waals surface area contributed by atoms with Gasteiger partial charge in [-0.15, -0.1) is 0 Å². The summed E-state index contributed by atoms with van der Waals surface area (Å²) in [5, 5.41) is 0. The molecule has 0 bridgehead atoms. The first-order chi connectivity index (χ1) is 5.37. The zero-order valence-electron chi connectivity index (χ0n) is 8.66. The summed E-state index contributed by atoms with van der Waals surface area (Å²) >= 11 is 0. The van der Waals surface area contributed by atoms with E-state index in [9.17, 15) is 4.79 Å². The van der Waals surface area contributed by atoms with Gasteiger partial charge < -0.3 is 5.73 Å². The molecule has 0 aromatic carbocycles. The standard InChI is InChI=1S/C9H20N2O/c1-6(2)11(7(3)4)8(5)9(10)12/h6-8H,1-5H3,(H2,10,12). The molecule has 0 rings (SSSR count). The molecule has 0 saturated heterocycles. The van der Waals surface area contributed by atoms with Gasteiger partial charge in [-0.1, -0.05) is 0 Å². The van der Waals surface area contributed by atoms with Gasteiger partial charge in [0.1, 0.15) is 0 Å². The van der Waals surface area contributed by atoms with Crippen LogP contribution in [-0.2, 0) is 4.79 Å². The van der Waals surface area contributed by atoms with Crippen LogP contribution < -0.4 is 5.73 Å². The lowest BCUT2D eigenvalue weighted by Crippen LogP contribution is -2.49. The molecule has 0 radical (unpaired) electrons. The first kappa shape index (κ1) is 11.4.